The van der Waals surface area contributed by atoms with E-state index in [1.807, 2.05) is 0 Å². The zero-order valence-corrected chi connectivity index (χ0v) is 16.6. The van der Waals surface area contributed by atoms with Crippen molar-refractivity contribution in [2.45, 2.75) is 38.3 Å². The zero-order chi connectivity index (χ0) is 20.5. The summed E-state index contributed by atoms with van der Waals surface area (Å²) in [4.78, 5) is 16.4. The van der Waals surface area contributed by atoms with Crippen LogP contribution in [0.15, 0.2) is 35.1 Å². The highest BCUT2D eigenvalue weighted by Crippen LogP contribution is 2.45. The highest BCUT2D eigenvalue weighted by Gasteiger charge is 2.34. The van der Waals surface area contributed by atoms with Crippen LogP contribution in [-0.4, -0.2) is 30.5 Å². The molecule has 29 heavy (non-hydrogen) atoms. The molecule has 2 aromatic heterocycles. The molecule has 0 saturated heterocycles. The molecule has 0 unspecified atom stereocenters. The first-order valence-electron chi connectivity index (χ1n) is 8.88. The van der Waals surface area contributed by atoms with Crippen LogP contribution in [0.5, 0.6) is 0 Å². The van der Waals surface area contributed by atoms with Gasteiger partial charge in [-0.15, -0.1) is 5.10 Å². The molecule has 1 amide bonds. The fourth-order valence-electron chi connectivity index (χ4n) is 3.03. The maximum Gasteiger partial charge on any atom is 0.283 e. The quantitative estimate of drug-likeness (QED) is 0.570. The molecule has 0 bridgehead atoms. The lowest BCUT2D eigenvalue weighted by Crippen LogP contribution is -2.21. The Morgan fingerprint density at radius 1 is 1.31 bits per heavy atom. The van der Waals surface area contributed by atoms with Crippen LogP contribution in [0.2, 0.25) is 0 Å². The van der Waals surface area contributed by atoms with Crippen molar-refractivity contribution in [3.05, 3.63) is 57.8 Å². The van der Waals surface area contributed by atoms with Gasteiger partial charge in [-0.1, -0.05) is 12.1 Å². The van der Waals surface area contributed by atoms with Crippen LogP contribution in [-0.2, 0) is 17.9 Å². The van der Waals surface area contributed by atoms with Gasteiger partial charge in [-0.25, -0.2) is 22.8 Å². The average Bonchev–Trinajstić information content (AvgIpc) is 3.31. The molecule has 1 aromatic carbocycles. The van der Waals surface area contributed by atoms with Crippen LogP contribution in [0.25, 0.3) is 0 Å². The van der Waals surface area contributed by atoms with Crippen LogP contribution in [0.1, 0.15) is 42.1 Å². The van der Waals surface area contributed by atoms with E-state index in [0.717, 1.165) is 12.8 Å². The number of carbonyl (C=O) groups excluding carboxylic acids is 1. The van der Waals surface area contributed by atoms with E-state index in [-0.39, 0.29) is 40.9 Å². The number of anilines is 1. The number of aromatic nitrogens is 5. The van der Waals surface area contributed by atoms with Crippen molar-refractivity contribution in [1.82, 2.24) is 24.5 Å². The number of benzene rings is 1. The topological polar surface area (TPSA) is 77.6 Å². The van der Waals surface area contributed by atoms with Crippen LogP contribution >= 0.6 is 15.9 Å². The SMILES string of the molecule is O=C(Cn1nc(C(F)F)c(Br)c1C1CC1)Nc1ncn(Cc2cccc(F)c2)n1. The molecule has 7 nitrogen and oxygen atoms in total. The Balaban J connectivity index is 1.43. The molecule has 1 fully saturated rings. The molecule has 0 radical (unpaired) electrons. The Hall–Kier alpha value is -2.69. The number of amides is 1. The molecule has 1 N–H and O–H groups in total. The van der Waals surface area contributed by atoms with Crippen molar-refractivity contribution in [1.29, 1.82) is 0 Å². The molecule has 0 atom stereocenters. The number of alkyl halides is 2. The summed E-state index contributed by atoms with van der Waals surface area (Å²) in [6.07, 6.45) is 0.433. The smallest absolute Gasteiger partial charge is 0.283 e. The van der Waals surface area contributed by atoms with E-state index in [0.29, 0.717) is 11.3 Å². The summed E-state index contributed by atoms with van der Waals surface area (Å²) < 4.78 is 42.6. The second kappa shape index (κ2) is 7.97. The first-order chi connectivity index (χ1) is 13.9. The molecule has 1 aliphatic carbocycles. The molecule has 11 heteroatoms. The van der Waals surface area contributed by atoms with Crippen LogP contribution in [0.3, 0.4) is 0 Å². The highest BCUT2D eigenvalue weighted by atomic mass is 79.9. The van der Waals surface area contributed by atoms with E-state index >= 15 is 0 Å². The minimum Gasteiger partial charge on any atom is -0.292 e. The minimum absolute atomic E-state index is 0.0691. The van der Waals surface area contributed by atoms with Crippen molar-refractivity contribution >= 4 is 27.8 Å². The normalized spacial score (nSPS) is 13.8. The number of nitrogens with zero attached hydrogens (tertiary/aromatic N) is 5. The van der Waals surface area contributed by atoms with Crippen LogP contribution in [0.4, 0.5) is 19.1 Å². The minimum atomic E-state index is -2.73. The summed E-state index contributed by atoms with van der Waals surface area (Å²) in [5.74, 6) is -0.636. The predicted octanol–water partition coefficient (Wildman–Crippen LogP) is 3.88. The Labute approximate surface area is 172 Å². The standard InChI is InChI=1S/C18H16BrF3N6O/c19-14-15(17(21)22)25-28(16(14)11-4-5-11)8-13(29)24-18-23-9-27(26-18)7-10-2-1-3-12(20)6-10/h1-3,6,9,11,17H,4-5,7-8H2,(H,24,26,29). The molecule has 2 heterocycles. The monoisotopic (exact) mass is 468 g/mol. The molecule has 0 spiro atoms. The van der Waals surface area contributed by atoms with Crippen molar-refractivity contribution in [2.24, 2.45) is 0 Å². The van der Waals surface area contributed by atoms with E-state index in [1.54, 1.807) is 12.1 Å². The zero-order valence-electron chi connectivity index (χ0n) is 15.0. The lowest BCUT2D eigenvalue weighted by Gasteiger charge is -2.06. The molecule has 1 aliphatic rings. The van der Waals surface area contributed by atoms with Crippen molar-refractivity contribution < 1.29 is 18.0 Å². The lowest BCUT2D eigenvalue weighted by atomic mass is 10.2. The van der Waals surface area contributed by atoms with Gasteiger partial charge in [-0.3, -0.25) is 14.8 Å². The van der Waals surface area contributed by atoms with Gasteiger partial charge in [0.25, 0.3) is 6.43 Å². The van der Waals surface area contributed by atoms with Gasteiger partial charge in [-0.05, 0) is 46.5 Å². The Morgan fingerprint density at radius 3 is 2.79 bits per heavy atom. The predicted molar refractivity (Wildman–Crippen MR) is 101 cm³/mol. The summed E-state index contributed by atoms with van der Waals surface area (Å²) >= 11 is 3.19. The molecule has 0 aliphatic heterocycles. The number of carbonyl (C=O) groups is 1. The van der Waals surface area contributed by atoms with Gasteiger partial charge >= 0.3 is 0 Å². The van der Waals surface area contributed by atoms with Crippen molar-refractivity contribution in [3.8, 4) is 0 Å². The fourth-order valence-corrected chi connectivity index (χ4v) is 3.81. The third-order valence-electron chi connectivity index (χ3n) is 4.44. The summed E-state index contributed by atoms with van der Waals surface area (Å²) in [5, 5.41) is 10.6. The van der Waals surface area contributed by atoms with Gasteiger partial charge in [-0.2, -0.15) is 5.10 Å². The summed E-state index contributed by atoms with van der Waals surface area (Å²) in [5.41, 5.74) is 0.944. The Kier molecular flexibility index (Phi) is 5.39. The first-order valence-corrected chi connectivity index (χ1v) is 9.68. The van der Waals surface area contributed by atoms with Gasteiger partial charge < -0.3 is 0 Å². The number of rotatable bonds is 7. The lowest BCUT2D eigenvalue weighted by molar-refractivity contribution is -0.117. The van der Waals surface area contributed by atoms with E-state index in [2.05, 4.69) is 36.4 Å². The maximum absolute atomic E-state index is 13.3. The summed E-state index contributed by atoms with van der Waals surface area (Å²) in [6.45, 7) is 0.0614. The van der Waals surface area contributed by atoms with E-state index in [4.69, 9.17) is 0 Å². The highest BCUT2D eigenvalue weighted by molar-refractivity contribution is 9.10. The number of nitrogens with one attached hydrogen (secondary N) is 1. The second-order valence-electron chi connectivity index (χ2n) is 6.76. The first kappa shape index (κ1) is 19.6. The fraction of sp³-hybridized carbons (Fsp3) is 0.333. The van der Waals surface area contributed by atoms with Gasteiger partial charge in [0.2, 0.25) is 11.9 Å². The third-order valence-corrected chi connectivity index (χ3v) is 5.25. The average molecular weight is 469 g/mol. The number of halogens is 4. The van der Waals surface area contributed by atoms with Crippen LogP contribution < -0.4 is 5.32 Å². The molecule has 3 aromatic rings. The Bertz CT molecular complexity index is 1050. The number of hydrogen-bond donors (Lipinski definition) is 1. The second-order valence-corrected chi connectivity index (χ2v) is 7.55. The maximum atomic E-state index is 13.3. The van der Waals surface area contributed by atoms with Gasteiger partial charge in [0.1, 0.15) is 24.4 Å². The number of hydrogen-bond acceptors (Lipinski definition) is 4. The van der Waals surface area contributed by atoms with Crippen molar-refractivity contribution in [3.63, 3.8) is 0 Å². The van der Waals surface area contributed by atoms with E-state index in [9.17, 15) is 18.0 Å². The van der Waals surface area contributed by atoms with Gasteiger partial charge in [0, 0.05) is 5.92 Å². The van der Waals surface area contributed by atoms with E-state index < -0.39 is 12.3 Å². The van der Waals surface area contributed by atoms with Gasteiger partial charge in [0.15, 0.2) is 0 Å². The van der Waals surface area contributed by atoms with Crippen molar-refractivity contribution in [2.75, 3.05) is 5.32 Å². The summed E-state index contributed by atoms with van der Waals surface area (Å²) in [7, 11) is 0. The van der Waals surface area contributed by atoms with Gasteiger partial charge in [0.05, 0.1) is 16.7 Å². The summed E-state index contributed by atoms with van der Waals surface area (Å²) in [6, 6.07) is 6.07. The molecule has 1 saturated carbocycles. The molecule has 4 rings (SSSR count). The van der Waals surface area contributed by atoms with Crippen LogP contribution in [0, 0.1) is 5.82 Å². The molecular formula is C18H16BrF3N6O. The van der Waals surface area contributed by atoms with E-state index in [1.165, 1.54) is 27.8 Å². The third kappa shape index (κ3) is 4.50. The Morgan fingerprint density at radius 2 is 2.10 bits per heavy atom. The largest absolute Gasteiger partial charge is 0.292 e. The molecule has 152 valence electrons. The molecular weight excluding hydrogens is 453 g/mol.